The lowest BCUT2D eigenvalue weighted by Gasteiger charge is -2.06. The van der Waals surface area contributed by atoms with Crippen LogP contribution < -0.4 is 5.32 Å². The second kappa shape index (κ2) is 6.19. The fourth-order valence-electron chi connectivity index (χ4n) is 1.55. The molecule has 2 N–H and O–H groups in total. The van der Waals surface area contributed by atoms with E-state index in [1.54, 1.807) is 11.3 Å². The number of aliphatic hydroxyl groups is 1. The zero-order valence-corrected chi connectivity index (χ0v) is 11.7. The molecule has 0 amide bonds. The number of anilines is 1. The molecule has 4 heteroatoms. The minimum absolute atomic E-state index is 0.203. The van der Waals surface area contributed by atoms with Gasteiger partial charge in [-0.2, -0.15) is 0 Å². The molecule has 0 spiro atoms. The summed E-state index contributed by atoms with van der Waals surface area (Å²) < 4.78 is 1.16. The highest BCUT2D eigenvalue weighted by molar-refractivity contribution is 9.10. The molecule has 1 aromatic carbocycles. The maximum Gasteiger partial charge on any atom is 0.0505 e. The van der Waals surface area contributed by atoms with Crippen LogP contribution >= 0.6 is 27.3 Å². The van der Waals surface area contributed by atoms with E-state index in [1.807, 2.05) is 24.3 Å². The van der Waals surface area contributed by atoms with Crippen molar-refractivity contribution >= 4 is 33.0 Å². The first kappa shape index (κ1) is 12.6. The van der Waals surface area contributed by atoms with E-state index in [9.17, 15) is 0 Å². The third-order valence-electron chi connectivity index (χ3n) is 2.50. The van der Waals surface area contributed by atoms with Gasteiger partial charge in [-0.15, -0.1) is 11.3 Å². The average Bonchev–Trinajstić information content (AvgIpc) is 2.75. The van der Waals surface area contributed by atoms with Crippen molar-refractivity contribution in [1.29, 1.82) is 0 Å². The van der Waals surface area contributed by atoms with Crippen molar-refractivity contribution in [3.8, 4) is 0 Å². The Bertz CT molecular complexity index is 467. The number of thiophene rings is 1. The molecule has 0 fully saturated rings. The summed E-state index contributed by atoms with van der Waals surface area (Å²) in [5.41, 5.74) is 2.27. The SMILES string of the molecule is OCCc1ccc(NCc2sccc2Br)cc1. The summed E-state index contributed by atoms with van der Waals surface area (Å²) in [5, 5.41) is 14.3. The fraction of sp³-hybridized carbons (Fsp3) is 0.231. The molecule has 2 aromatic rings. The molecular weight excluding hydrogens is 298 g/mol. The topological polar surface area (TPSA) is 32.3 Å². The molecule has 1 aromatic heterocycles. The van der Waals surface area contributed by atoms with Crippen LogP contribution in [0.25, 0.3) is 0 Å². The largest absolute Gasteiger partial charge is 0.396 e. The lowest BCUT2D eigenvalue weighted by atomic mass is 10.1. The number of halogens is 1. The Morgan fingerprint density at radius 2 is 1.94 bits per heavy atom. The van der Waals surface area contributed by atoms with Crippen molar-refractivity contribution in [3.05, 3.63) is 50.6 Å². The zero-order valence-electron chi connectivity index (χ0n) is 9.32. The van der Waals surface area contributed by atoms with Crippen molar-refractivity contribution in [2.75, 3.05) is 11.9 Å². The first-order chi connectivity index (χ1) is 8.29. The number of benzene rings is 1. The van der Waals surface area contributed by atoms with Gasteiger partial charge in [-0.1, -0.05) is 12.1 Å². The standard InChI is InChI=1S/C13H14BrNOS/c14-12-6-8-17-13(12)9-15-11-3-1-10(2-4-11)5-7-16/h1-4,6,8,15-16H,5,7,9H2. The smallest absolute Gasteiger partial charge is 0.0505 e. The quantitative estimate of drug-likeness (QED) is 0.883. The third-order valence-corrected chi connectivity index (χ3v) is 4.42. The average molecular weight is 312 g/mol. The van der Waals surface area contributed by atoms with Gasteiger partial charge >= 0.3 is 0 Å². The van der Waals surface area contributed by atoms with Crippen LogP contribution in [0.4, 0.5) is 5.69 Å². The minimum atomic E-state index is 0.203. The van der Waals surface area contributed by atoms with E-state index in [1.165, 1.54) is 4.88 Å². The highest BCUT2D eigenvalue weighted by Gasteiger charge is 2.00. The van der Waals surface area contributed by atoms with Crippen LogP contribution in [0.1, 0.15) is 10.4 Å². The van der Waals surface area contributed by atoms with Crippen LogP contribution in [0.2, 0.25) is 0 Å². The molecule has 2 rings (SSSR count). The lowest BCUT2D eigenvalue weighted by molar-refractivity contribution is 0.299. The van der Waals surface area contributed by atoms with Crippen LogP contribution in [0, 0.1) is 0 Å². The molecule has 2 nitrogen and oxygen atoms in total. The first-order valence-corrected chi connectivity index (χ1v) is 7.12. The van der Waals surface area contributed by atoms with E-state index in [2.05, 4.69) is 32.7 Å². The van der Waals surface area contributed by atoms with E-state index in [4.69, 9.17) is 5.11 Å². The van der Waals surface area contributed by atoms with Crippen LogP contribution in [0.3, 0.4) is 0 Å². The van der Waals surface area contributed by atoms with Gasteiger partial charge in [0.15, 0.2) is 0 Å². The molecule has 0 radical (unpaired) electrons. The molecule has 0 saturated carbocycles. The summed E-state index contributed by atoms with van der Waals surface area (Å²) in [7, 11) is 0. The van der Waals surface area contributed by atoms with Crippen molar-refractivity contribution < 1.29 is 5.11 Å². The van der Waals surface area contributed by atoms with E-state index in [0.717, 1.165) is 28.7 Å². The van der Waals surface area contributed by atoms with Crippen LogP contribution in [0.15, 0.2) is 40.2 Å². The molecule has 90 valence electrons. The number of hydrogen-bond donors (Lipinski definition) is 2. The van der Waals surface area contributed by atoms with Gasteiger partial charge in [0.25, 0.3) is 0 Å². The van der Waals surface area contributed by atoms with Crippen LogP contribution in [-0.2, 0) is 13.0 Å². The Labute approximate surface area is 113 Å². The maximum atomic E-state index is 8.83. The molecule has 0 saturated heterocycles. The lowest BCUT2D eigenvalue weighted by Crippen LogP contribution is -1.98. The van der Waals surface area contributed by atoms with E-state index >= 15 is 0 Å². The van der Waals surface area contributed by atoms with Crippen molar-refractivity contribution in [2.24, 2.45) is 0 Å². The van der Waals surface area contributed by atoms with Crippen LogP contribution in [-0.4, -0.2) is 11.7 Å². The van der Waals surface area contributed by atoms with Crippen molar-refractivity contribution in [3.63, 3.8) is 0 Å². The molecular formula is C13H14BrNOS. The zero-order chi connectivity index (χ0) is 12.1. The number of nitrogens with one attached hydrogen (secondary N) is 1. The predicted molar refractivity (Wildman–Crippen MR) is 76.6 cm³/mol. The minimum Gasteiger partial charge on any atom is -0.396 e. The Kier molecular flexibility index (Phi) is 4.59. The summed E-state index contributed by atoms with van der Waals surface area (Å²) in [6.45, 7) is 1.03. The number of hydrogen-bond acceptors (Lipinski definition) is 3. The second-order valence-electron chi connectivity index (χ2n) is 3.72. The molecule has 1 heterocycles. The molecule has 0 atom stereocenters. The summed E-state index contributed by atoms with van der Waals surface area (Å²) >= 11 is 5.25. The summed E-state index contributed by atoms with van der Waals surface area (Å²) in [5.74, 6) is 0. The molecule has 0 unspecified atom stereocenters. The van der Waals surface area contributed by atoms with Gasteiger partial charge in [0.05, 0.1) is 6.54 Å². The molecule has 0 aliphatic rings. The van der Waals surface area contributed by atoms with Crippen molar-refractivity contribution in [2.45, 2.75) is 13.0 Å². The highest BCUT2D eigenvalue weighted by atomic mass is 79.9. The molecule has 0 aliphatic carbocycles. The van der Waals surface area contributed by atoms with Gasteiger partial charge in [-0.25, -0.2) is 0 Å². The van der Waals surface area contributed by atoms with E-state index in [-0.39, 0.29) is 6.61 Å². The number of rotatable bonds is 5. The van der Waals surface area contributed by atoms with Gasteiger partial charge in [0.1, 0.15) is 0 Å². The van der Waals surface area contributed by atoms with Gasteiger partial charge in [0, 0.05) is 21.6 Å². The Hall–Kier alpha value is -0.840. The number of aliphatic hydroxyl groups excluding tert-OH is 1. The van der Waals surface area contributed by atoms with Gasteiger partial charge in [-0.05, 0) is 51.5 Å². The highest BCUT2D eigenvalue weighted by Crippen LogP contribution is 2.23. The summed E-state index contributed by atoms with van der Waals surface area (Å²) in [6.07, 6.45) is 0.719. The van der Waals surface area contributed by atoms with Crippen LogP contribution in [0.5, 0.6) is 0 Å². The second-order valence-corrected chi connectivity index (χ2v) is 5.57. The molecule has 17 heavy (non-hydrogen) atoms. The van der Waals surface area contributed by atoms with Gasteiger partial charge in [0.2, 0.25) is 0 Å². The normalized spacial score (nSPS) is 10.5. The Morgan fingerprint density at radius 1 is 1.18 bits per heavy atom. The van der Waals surface area contributed by atoms with E-state index in [0.29, 0.717) is 0 Å². The molecule has 0 bridgehead atoms. The van der Waals surface area contributed by atoms with Crippen molar-refractivity contribution in [1.82, 2.24) is 0 Å². The Balaban J connectivity index is 1.93. The molecule has 0 aliphatic heterocycles. The first-order valence-electron chi connectivity index (χ1n) is 5.45. The maximum absolute atomic E-state index is 8.83. The van der Waals surface area contributed by atoms with Gasteiger partial charge in [-0.3, -0.25) is 0 Å². The predicted octanol–water partition coefficient (Wildman–Crippen LogP) is 3.66. The monoisotopic (exact) mass is 311 g/mol. The van der Waals surface area contributed by atoms with E-state index < -0.39 is 0 Å². The summed E-state index contributed by atoms with van der Waals surface area (Å²) in [4.78, 5) is 1.30. The fourth-order valence-corrected chi connectivity index (χ4v) is 2.98. The summed E-state index contributed by atoms with van der Waals surface area (Å²) in [6, 6.07) is 10.2. The third kappa shape index (κ3) is 3.56. The van der Waals surface area contributed by atoms with Gasteiger partial charge < -0.3 is 10.4 Å². The Morgan fingerprint density at radius 3 is 2.53 bits per heavy atom.